The second-order valence-corrected chi connectivity index (χ2v) is 7.54. The molecule has 1 aromatic carbocycles. The third-order valence-corrected chi connectivity index (χ3v) is 5.32. The molecular formula is C21H20F3N5O2. The second kappa shape index (κ2) is 7.45. The van der Waals surface area contributed by atoms with Gasteiger partial charge in [0.2, 0.25) is 5.88 Å². The number of nitrogens with one attached hydrogen (secondary N) is 1. The first kappa shape index (κ1) is 19.7. The van der Waals surface area contributed by atoms with Crippen molar-refractivity contribution in [3.63, 3.8) is 0 Å². The fourth-order valence-electron chi connectivity index (χ4n) is 3.88. The molecule has 5 rings (SSSR count). The number of anilines is 1. The number of rotatable bonds is 4. The Morgan fingerprint density at radius 1 is 1.26 bits per heavy atom. The number of hydrogen-bond donors (Lipinski definition) is 1. The van der Waals surface area contributed by atoms with Crippen LogP contribution in [0.3, 0.4) is 0 Å². The van der Waals surface area contributed by atoms with E-state index in [0.29, 0.717) is 23.1 Å². The molecule has 1 fully saturated rings. The van der Waals surface area contributed by atoms with Crippen molar-refractivity contribution in [2.45, 2.75) is 19.1 Å². The number of halogens is 3. The average molecular weight is 431 g/mol. The van der Waals surface area contributed by atoms with Crippen LogP contribution in [0.2, 0.25) is 0 Å². The molecule has 0 spiro atoms. The monoisotopic (exact) mass is 431 g/mol. The van der Waals surface area contributed by atoms with E-state index in [9.17, 15) is 13.2 Å². The molecule has 0 aliphatic carbocycles. The summed E-state index contributed by atoms with van der Waals surface area (Å²) in [5, 5.41) is 8.51. The molecular weight excluding hydrogens is 411 g/mol. The van der Waals surface area contributed by atoms with E-state index in [0.717, 1.165) is 36.3 Å². The van der Waals surface area contributed by atoms with Gasteiger partial charge in [0.1, 0.15) is 11.3 Å². The molecule has 4 aromatic rings. The van der Waals surface area contributed by atoms with Gasteiger partial charge in [0.15, 0.2) is 18.0 Å². The van der Waals surface area contributed by atoms with Gasteiger partial charge in [-0.15, -0.1) is 5.10 Å². The minimum Gasteiger partial charge on any atom is -0.467 e. The highest BCUT2D eigenvalue weighted by atomic mass is 19.4. The maximum absolute atomic E-state index is 12.5. The summed E-state index contributed by atoms with van der Waals surface area (Å²) in [6.07, 6.45) is -2.86. The van der Waals surface area contributed by atoms with Gasteiger partial charge in [-0.25, -0.2) is 9.50 Å². The van der Waals surface area contributed by atoms with Crippen LogP contribution in [0.1, 0.15) is 6.92 Å². The SMILES string of the molecule is CC1CNCCN1c1cccc2oc(-c3cnc4ccc(OCC(F)(F)F)nn34)cc12. The third-order valence-electron chi connectivity index (χ3n) is 5.32. The van der Waals surface area contributed by atoms with E-state index in [1.54, 1.807) is 12.3 Å². The Morgan fingerprint density at radius 2 is 2.13 bits per heavy atom. The lowest BCUT2D eigenvalue weighted by Crippen LogP contribution is -2.49. The fourth-order valence-corrected chi connectivity index (χ4v) is 3.88. The first-order valence-electron chi connectivity index (χ1n) is 9.94. The van der Waals surface area contributed by atoms with E-state index in [2.05, 4.69) is 33.3 Å². The topological polar surface area (TPSA) is 67.8 Å². The molecule has 31 heavy (non-hydrogen) atoms. The van der Waals surface area contributed by atoms with E-state index >= 15 is 0 Å². The minimum atomic E-state index is -4.44. The highest BCUT2D eigenvalue weighted by Crippen LogP contribution is 2.35. The lowest BCUT2D eigenvalue weighted by molar-refractivity contribution is -0.154. The number of piperazine rings is 1. The van der Waals surface area contributed by atoms with Crippen molar-refractivity contribution in [3.05, 3.63) is 42.6 Å². The summed E-state index contributed by atoms with van der Waals surface area (Å²) in [4.78, 5) is 6.62. The van der Waals surface area contributed by atoms with Gasteiger partial charge in [0.25, 0.3) is 0 Å². The van der Waals surface area contributed by atoms with Crippen molar-refractivity contribution >= 4 is 22.3 Å². The number of benzene rings is 1. The van der Waals surface area contributed by atoms with Gasteiger partial charge in [-0.2, -0.15) is 13.2 Å². The molecule has 0 radical (unpaired) electrons. The standard InChI is InChI=1S/C21H20F3N5O2/c1-13-10-25-7-8-28(13)15-3-2-4-17-14(15)9-18(31-17)16-11-26-19-5-6-20(27-29(16)19)30-12-21(22,23)24/h2-6,9,11,13,25H,7-8,10,12H2,1H3. The number of nitrogens with zero attached hydrogens (tertiary/aromatic N) is 4. The van der Waals surface area contributed by atoms with Crippen molar-refractivity contribution in [1.82, 2.24) is 19.9 Å². The van der Waals surface area contributed by atoms with Crippen molar-refractivity contribution in [2.75, 3.05) is 31.1 Å². The summed E-state index contributed by atoms with van der Waals surface area (Å²) < 4.78 is 49.7. The van der Waals surface area contributed by atoms with Crippen LogP contribution >= 0.6 is 0 Å². The molecule has 0 saturated carbocycles. The number of fused-ring (bicyclic) bond motifs is 2. The predicted molar refractivity (Wildman–Crippen MR) is 109 cm³/mol. The van der Waals surface area contributed by atoms with Gasteiger partial charge >= 0.3 is 6.18 Å². The highest BCUT2D eigenvalue weighted by molar-refractivity contribution is 5.94. The molecule has 162 valence electrons. The Morgan fingerprint density at radius 3 is 2.94 bits per heavy atom. The molecule has 1 aliphatic heterocycles. The van der Waals surface area contributed by atoms with E-state index in [-0.39, 0.29) is 5.88 Å². The zero-order chi connectivity index (χ0) is 21.6. The smallest absolute Gasteiger partial charge is 0.422 e. The van der Waals surface area contributed by atoms with E-state index in [4.69, 9.17) is 9.15 Å². The quantitative estimate of drug-likeness (QED) is 0.529. The van der Waals surface area contributed by atoms with Crippen LogP contribution in [0, 0.1) is 0 Å². The Kier molecular flexibility index (Phi) is 4.73. The first-order chi connectivity index (χ1) is 14.9. The number of imidazole rings is 1. The maximum Gasteiger partial charge on any atom is 0.422 e. The number of hydrogen-bond acceptors (Lipinski definition) is 6. The molecule has 1 N–H and O–H groups in total. The van der Waals surface area contributed by atoms with Crippen LogP contribution in [-0.2, 0) is 0 Å². The second-order valence-electron chi connectivity index (χ2n) is 7.54. The normalized spacial score (nSPS) is 17.5. The summed E-state index contributed by atoms with van der Waals surface area (Å²) in [6, 6.07) is 11.1. The Bertz CT molecular complexity index is 1230. The summed E-state index contributed by atoms with van der Waals surface area (Å²) in [5.41, 5.74) is 2.81. The number of alkyl halides is 3. The zero-order valence-corrected chi connectivity index (χ0v) is 16.7. The Hall–Kier alpha value is -3.27. The molecule has 0 amide bonds. The van der Waals surface area contributed by atoms with Crippen LogP contribution in [0.15, 0.2) is 47.0 Å². The molecule has 0 bridgehead atoms. The van der Waals surface area contributed by atoms with Crippen molar-refractivity contribution < 1.29 is 22.3 Å². The maximum atomic E-state index is 12.5. The predicted octanol–water partition coefficient (Wildman–Crippen LogP) is 3.88. The largest absolute Gasteiger partial charge is 0.467 e. The van der Waals surface area contributed by atoms with E-state index < -0.39 is 12.8 Å². The summed E-state index contributed by atoms with van der Waals surface area (Å²) in [5.74, 6) is 0.383. The van der Waals surface area contributed by atoms with Gasteiger partial charge < -0.3 is 19.4 Å². The van der Waals surface area contributed by atoms with E-state index in [1.807, 2.05) is 18.2 Å². The van der Waals surface area contributed by atoms with Gasteiger partial charge in [0, 0.05) is 42.8 Å². The van der Waals surface area contributed by atoms with E-state index in [1.165, 1.54) is 10.6 Å². The zero-order valence-electron chi connectivity index (χ0n) is 16.7. The van der Waals surface area contributed by atoms with Crippen LogP contribution in [-0.4, -0.2) is 53.1 Å². The number of furan rings is 1. The molecule has 1 unspecified atom stereocenters. The highest BCUT2D eigenvalue weighted by Gasteiger charge is 2.29. The minimum absolute atomic E-state index is 0.143. The Labute approximate surface area is 175 Å². The summed E-state index contributed by atoms with van der Waals surface area (Å²) in [6.45, 7) is 3.45. The molecule has 1 atom stereocenters. The third kappa shape index (κ3) is 3.78. The van der Waals surface area contributed by atoms with Crippen molar-refractivity contribution in [2.24, 2.45) is 0 Å². The van der Waals surface area contributed by atoms with Gasteiger partial charge in [-0.1, -0.05) is 6.07 Å². The van der Waals surface area contributed by atoms with Crippen LogP contribution in [0.5, 0.6) is 5.88 Å². The lowest BCUT2D eigenvalue weighted by atomic mass is 10.1. The van der Waals surface area contributed by atoms with Crippen molar-refractivity contribution in [3.8, 4) is 17.3 Å². The number of ether oxygens (including phenoxy) is 1. The van der Waals surface area contributed by atoms with Crippen LogP contribution in [0.25, 0.3) is 28.1 Å². The fraction of sp³-hybridized carbons (Fsp3) is 0.333. The van der Waals surface area contributed by atoms with Crippen molar-refractivity contribution in [1.29, 1.82) is 0 Å². The molecule has 7 nitrogen and oxygen atoms in total. The Balaban J connectivity index is 1.54. The summed E-state index contributed by atoms with van der Waals surface area (Å²) >= 11 is 0. The van der Waals surface area contributed by atoms with Gasteiger partial charge in [-0.05, 0) is 31.2 Å². The summed E-state index contributed by atoms with van der Waals surface area (Å²) in [7, 11) is 0. The molecule has 10 heteroatoms. The van der Waals surface area contributed by atoms with Crippen LogP contribution < -0.4 is 15.0 Å². The molecule has 1 saturated heterocycles. The van der Waals surface area contributed by atoms with Crippen LogP contribution in [0.4, 0.5) is 18.9 Å². The number of aromatic nitrogens is 3. The first-order valence-corrected chi connectivity index (χ1v) is 9.94. The molecule has 4 heterocycles. The average Bonchev–Trinajstić information content (AvgIpc) is 3.35. The van der Waals surface area contributed by atoms with Gasteiger partial charge in [0.05, 0.1) is 6.20 Å². The lowest BCUT2D eigenvalue weighted by Gasteiger charge is -2.36. The molecule has 3 aromatic heterocycles. The van der Waals surface area contributed by atoms with Gasteiger partial charge in [-0.3, -0.25) is 0 Å². The molecule has 1 aliphatic rings.